The molecule has 0 unspecified atom stereocenters. The molecule has 1 fully saturated rings. The average Bonchev–Trinajstić information content (AvgIpc) is 2.74. The van der Waals surface area contributed by atoms with E-state index in [0.717, 1.165) is 17.8 Å². The minimum atomic E-state index is -0.106. The van der Waals surface area contributed by atoms with Crippen LogP contribution in [0.4, 0.5) is 21.9 Å². The second-order valence-corrected chi connectivity index (χ2v) is 7.28. The molecule has 0 radical (unpaired) electrons. The first kappa shape index (κ1) is 20.5. The Morgan fingerprint density at radius 3 is 2.69 bits per heavy atom. The van der Waals surface area contributed by atoms with E-state index >= 15 is 0 Å². The summed E-state index contributed by atoms with van der Waals surface area (Å²) in [4.78, 5) is 24.4. The summed E-state index contributed by atoms with van der Waals surface area (Å²) in [5.41, 5.74) is 2.27. The molecule has 2 atom stereocenters. The maximum atomic E-state index is 12.7. The van der Waals surface area contributed by atoms with Crippen molar-refractivity contribution in [2.24, 2.45) is 0 Å². The number of piperazine rings is 1. The second kappa shape index (κ2) is 9.28. The molecule has 1 saturated heterocycles. The molecule has 7 heteroatoms. The molecule has 2 aromatic rings. The van der Waals surface area contributed by atoms with E-state index in [2.05, 4.69) is 27.0 Å². The minimum absolute atomic E-state index is 0.0357. The number of pyridine rings is 1. The van der Waals surface area contributed by atoms with Crippen molar-refractivity contribution in [3.8, 4) is 5.75 Å². The van der Waals surface area contributed by atoms with Crippen LogP contribution in [-0.2, 0) is 0 Å². The van der Waals surface area contributed by atoms with Crippen LogP contribution in [0, 0.1) is 6.57 Å². The minimum Gasteiger partial charge on any atom is -0.505 e. The van der Waals surface area contributed by atoms with Crippen LogP contribution in [0.3, 0.4) is 0 Å². The zero-order valence-electron chi connectivity index (χ0n) is 17.1. The van der Waals surface area contributed by atoms with Gasteiger partial charge in [-0.25, -0.2) is 9.64 Å². The molecule has 0 aliphatic carbocycles. The molecule has 152 valence electrons. The summed E-state index contributed by atoms with van der Waals surface area (Å²) in [6, 6.07) is 9.33. The highest BCUT2D eigenvalue weighted by atomic mass is 16.5. The molecule has 2 heterocycles. The van der Waals surface area contributed by atoms with Crippen LogP contribution in [0.25, 0.3) is 4.85 Å². The fourth-order valence-electron chi connectivity index (χ4n) is 3.50. The SMILES string of the molecule is [C-]#[N+]c1ccc(N2C[C@@H](C)N(C(=O)Nc3ccncc3)C[C@@H]2C)cc1OCCC. The average molecular weight is 393 g/mol. The first-order valence-electron chi connectivity index (χ1n) is 9.92. The van der Waals surface area contributed by atoms with Gasteiger partial charge in [0.05, 0.1) is 13.2 Å². The number of nitrogens with one attached hydrogen (secondary N) is 1. The van der Waals surface area contributed by atoms with Crippen LogP contribution in [0.2, 0.25) is 0 Å². The maximum absolute atomic E-state index is 12.7. The summed E-state index contributed by atoms with van der Waals surface area (Å²) in [5.74, 6) is 0.622. The van der Waals surface area contributed by atoms with Gasteiger partial charge >= 0.3 is 6.03 Å². The van der Waals surface area contributed by atoms with Gasteiger partial charge in [0.25, 0.3) is 0 Å². The van der Waals surface area contributed by atoms with Crippen molar-refractivity contribution in [3.05, 3.63) is 54.1 Å². The zero-order chi connectivity index (χ0) is 20.8. The lowest BCUT2D eigenvalue weighted by Gasteiger charge is -2.45. The van der Waals surface area contributed by atoms with Crippen LogP contribution in [0.1, 0.15) is 27.2 Å². The van der Waals surface area contributed by atoms with Crippen molar-refractivity contribution >= 4 is 23.1 Å². The van der Waals surface area contributed by atoms with Crippen molar-refractivity contribution in [1.29, 1.82) is 0 Å². The standard InChI is InChI=1S/C22H27N5O2/c1-5-12-29-21-13-19(6-7-20(21)23-4)26-14-17(3)27(15-16(26)2)22(28)25-18-8-10-24-11-9-18/h6-11,13,16-17H,5,12,14-15H2,1-3H3,(H,24,25,28)/t16-,17+/m0/s1. The van der Waals surface area contributed by atoms with Crippen molar-refractivity contribution in [2.45, 2.75) is 39.3 Å². The van der Waals surface area contributed by atoms with Gasteiger partial charge in [-0.1, -0.05) is 13.0 Å². The Kier molecular flexibility index (Phi) is 6.55. The fraction of sp³-hybridized carbons (Fsp3) is 0.409. The second-order valence-electron chi connectivity index (χ2n) is 7.28. The number of urea groups is 1. The molecule has 1 aromatic carbocycles. The number of ether oxygens (including phenoxy) is 1. The molecule has 1 aromatic heterocycles. The summed E-state index contributed by atoms with van der Waals surface area (Å²) in [5, 5.41) is 2.94. The Morgan fingerprint density at radius 1 is 1.24 bits per heavy atom. The third-order valence-electron chi connectivity index (χ3n) is 5.04. The molecule has 1 N–H and O–H groups in total. The highest BCUT2D eigenvalue weighted by molar-refractivity contribution is 5.89. The Morgan fingerprint density at radius 2 is 2.00 bits per heavy atom. The largest absolute Gasteiger partial charge is 0.505 e. The topological polar surface area (TPSA) is 62.1 Å². The number of carbonyl (C=O) groups excluding carboxylic acids is 1. The number of anilines is 2. The van der Waals surface area contributed by atoms with Gasteiger partial charge in [-0.3, -0.25) is 4.98 Å². The van der Waals surface area contributed by atoms with E-state index in [1.54, 1.807) is 24.5 Å². The van der Waals surface area contributed by atoms with Crippen LogP contribution in [0.15, 0.2) is 42.7 Å². The molecule has 2 amide bonds. The Balaban J connectivity index is 1.73. The van der Waals surface area contributed by atoms with Gasteiger partial charge in [0.2, 0.25) is 5.69 Å². The smallest absolute Gasteiger partial charge is 0.322 e. The van der Waals surface area contributed by atoms with E-state index in [4.69, 9.17) is 11.3 Å². The van der Waals surface area contributed by atoms with Gasteiger partial charge in [0.15, 0.2) is 0 Å². The monoisotopic (exact) mass is 393 g/mol. The van der Waals surface area contributed by atoms with E-state index in [0.29, 0.717) is 31.1 Å². The Labute approximate surface area is 172 Å². The molecule has 7 nitrogen and oxygen atoms in total. The Hall–Kier alpha value is -3.27. The van der Waals surface area contributed by atoms with Gasteiger partial charge in [0.1, 0.15) is 5.75 Å². The van der Waals surface area contributed by atoms with E-state index < -0.39 is 0 Å². The third kappa shape index (κ3) is 4.77. The van der Waals surface area contributed by atoms with Gasteiger partial charge in [-0.15, -0.1) is 0 Å². The van der Waals surface area contributed by atoms with Crippen molar-refractivity contribution in [3.63, 3.8) is 0 Å². The summed E-state index contributed by atoms with van der Waals surface area (Å²) >= 11 is 0. The summed E-state index contributed by atoms with van der Waals surface area (Å²) in [6.45, 7) is 15.4. The first-order valence-corrected chi connectivity index (χ1v) is 9.92. The predicted molar refractivity (Wildman–Crippen MR) is 115 cm³/mol. The number of amides is 2. The molecular weight excluding hydrogens is 366 g/mol. The van der Waals surface area contributed by atoms with Gasteiger partial charge < -0.3 is 19.9 Å². The number of hydrogen-bond acceptors (Lipinski definition) is 4. The molecule has 0 saturated carbocycles. The molecule has 1 aliphatic rings. The van der Waals surface area contributed by atoms with Crippen molar-refractivity contribution < 1.29 is 9.53 Å². The van der Waals surface area contributed by atoms with Crippen LogP contribution >= 0.6 is 0 Å². The van der Waals surface area contributed by atoms with E-state index in [9.17, 15) is 4.79 Å². The highest BCUT2D eigenvalue weighted by Gasteiger charge is 2.32. The van der Waals surface area contributed by atoms with Crippen LogP contribution in [-0.4, -0.2) is 47.7 Å². The van der Waals surface area contributed by atoms with Crippen molar-refractivity contribution in [1.82, 2.24) is 9.88 Å². The van der Waals surface area contributed by atoms with Gasteiger partial charge in [-0.2, -0.15) is 0 Å². The van der Waals surface area contributed by atoms with Gasteiger partial charge in [-0.05, 0) is 44.5 Å². The summed E-state index contributed by atoms with van der Waals surface area (Å²) < 4.78 is 5.78. The first-order chi connectivity index (χ1) is 14.0. The number of carbonyl (C=O) groups is 1. The van der Waals surface area contributed by atoms with E-state index in [1.165, 1.54) is 0 Å². The lowest BCUT2D eigenvalue weighted by Crippen LogP contribution is -2.59. The molecule has 1 aliphatic heterocycles. The molecule has 29 heavy (non-hydrogen) atoms. The van der Waals surface area contributed by atoms with Gasteiger partial charge in [0, 0.05) is 48.9 Å². The van der Waals surface area contributed by atoms with Crippen LogP contribution in [0.5, 0.6) is 5.75 Å². The number of rotatable bonds is 5. The fourth-order valence-corrected chi connectivity index (χ4v) is 3.50. The maximum Gasteiger partial charge on any atom is 0.322 e. The zero-order valence-corrected chi connectivity index (χ0v) is 17.1. The molecule has 0 spiro atoms. The summed E-state index contributed by atoms with van der Waals surface area (Å²) in [7, 11) is 0. The number of benzene rings is 1. The highest BCUT2D eigenvalue weighted by Crippen LogP contribution is 2.34. The lowest BCUT2D eigenvalue weighted by molar-refractivity contribution is 0.173. The number of nitrogens with zero attached hydrogens (tertiary/aromatic N) is 4. The quantitative estimate of drug-likeness (QED) is 0.757. The third-order valence-corrected chi connectivity index (χ3v) is 5.04. The number of hydrogen-bond donors (Lipinski definition) is 1. The Bertz CT molecular complexity index is 881. The summed E-state index contributed by atoms with van der Waals surface area (Å²) in [6.07, 6.45) is 4.20. The van der Waals surface area contributed by atoms with E-state index in [1.807, 2.05) is 36.9 Å². The predicted octanol–water partition coefficient (Wildman–Crippen LogP) is 4.55. The van der Waals surface area contributed by atoms with E-state index in [-0.39, 0.29) is 18.1 Å². The number of aromatic nitrogens is 1. The lowest BCUT2D eigenvalue weighted by atomic mass is 10.1. The molecule has 3 rings (SSSR count). The van der Waals surface area contributed by atoms with Crippen molar-refractivity contribution in [2.75, 3.05) is 29.9 Å². The molecule has 0 bridgehead atoms. The molecular formula is C22H27N5O2. The van der Waals surface area contributed by atoms with Crippen LogP contribution < -0.4 is 15.0 Å². The normalized spacial score (nSPS) is 18.8.